The third kappa shape index (κ3) is 3.69. The van der Waals surface area contributed by atoms with Gasteiger partial charge in [-0.15, -0.1) is 0 Å². The molecule has 4 aliphatic rings. The Balaban J connectivity index is 1.34. The lowest BCUT2D eigenvalue weighted by atomic mass is 9.93. The number of nitrogens with zero attached hydrogens (tertiary/aromatic N) is 1. The Morgan fingerprint density at radius 1 is 1.13 bits per heavy atom. The third-order valence-corrected chi connectivity index (χ3v) is 6.26. The molecule has 158 valence electrons. The first kappa shape index (κ1) is 19.4. The van der Waals surface area contributed by atoms with Crippen molar-refractivity contribution in [3.8, 4) is 0 Å². The highest BCUT2D eigenvalue weighted by Gasteiger charge is 2.42. The van der Waals surface area contributed by atoms with Crippen LogP contribution in [-0.2, 0) is 14.3 Å². The normalized spacial score (nSPS) is 24.3. The average Bonchev–Trinajstić information content (AvgIpc) is 3.08. The zero-order chi connectivity index (χ0) is 21.4. The fourth-order valence-electron chi connectivity index (χ4n) is 4.73. The van der Waals surface area contributed by atoms with Crippen molar-refractivity contribution in [1.82, 2.24) is 4.90 Å². The Labute approximate surface area is 181 Å². The molecule has 2 N–H and O–H groups in total. The van der Waals surface area contributed by atoms with Crippen molar-refractivity contribution in [3.05, 3.63) is 89.3 Å². The minimum Gasteiger partial charge on any atom is -0.465 e. The number of fused-ring (bicyclic) bond motifs is 2. The Morgan fingerprint density at radius 2 is 2.03 bits per heavy atom. The molecule has 1 aliphatic carbocycles. The fourth-order valence-corrected chi connectivity index (χ4v) is 4.73. The number of carbonyl (C=O) groups excluding carboxylic acids is 2. The van der Waals surface area contributed by atoms with E-state index in [4.69, 9.17) is 15.2 Å². The number of rotatable bonds is 4. The lowest BCUT2D eigenvalue weighted by molar-refractivity contribution is -0.132. The first-order valence-corrected chi connectivity index (χ1v) is 10.6. The number of ether oxygens (including phenoxy) is 2. The van der Waals surface area contributed by atoms with Crippen molar-refractivity contribution in [1.29, 1.82) is 0 Å². The van der Waals surface area contributed by atoms with Gasteiger partial charge in [-0.2, -0.15) is 0 Å². The zero-order valence-electron chi connectivity index (χ0n) is 17.1. The van der Waals surface area contributed by atoms with E-state index in [0.29, 0.717) is 11.3 Å². The molecule has 0 radical (unpaired) electrons. The van der Waals surface area contributed by atoms with Gasteiger partial charge >= 0.3 is 0 Å². The summed E-state index contributed by atoms with van der Waals surface area (Å²) in [4.78, 5) is 26.8. The van der Waals surface area contributed by atoms with Gasteiger partial charge in [-0.3, -0.25) is 9.59 Å². The largest absolute Gasteiger partial charge is 0.465 e. The lowest BCUT2D eigenvalue weighted by Crippen LogP contribution is -2.44. The minimum atomic E-state index is -0.438. The summed E-state index contributed by atoms with van der Waals surface area (Å²) in [5, 5.41) is 0. The molecule has 1 saturated heterocycles. The van der Waals surface area contributed by atoms with Gasteiger partial charge in [0.15, 0.2) is 5.76 Å². The standard InChI is InChI=1S/C25H24N2O4/c26-24(28)18-8-4-7-17(11-18)19-12-20-9-10-21(13-19)27(20)25(29)23-15-30-14-22(31-23)16-5-2-1-3-6-16/h1-2,4-5,7-8,11-12,14-15,20-21H,3,6,9-10,13H2,(H2,26,28). The summed E-state index contributed by atoms with van der Waals surface area (Å²) in [6.45, 7) is 0. The van der Waals surface area contributed by atoms with Crippen LogP contribution < -0.4 is 5.73 Å². The molecule has 3 aliphatic heterocycles. The van der Waals surface area contributed by atoms with Gasteiger partial charge in [0.1, 0.15) is 12.5 Å². The van der Waals surface area contributed by atoms with Gasteiger partial charge in [0.05, 0.1) is 6.04 Å². The van der Waals surface area contributed by atoms with Gasteiger partial charge in [-0.1, -0.05) is 36.4 Å². The number of primary amides is 1. The Hall–Kier alpha value is -3.54. The van der Waals surface area contributed by atoms with Crippen molar-refractivity contribution in [2.45, 2.75) is 44.2 Å². The maximum atomic E-state index is 13.3. The monoisotopic (exact) mass is 416 g/mol. The molecule has 0 aromatic heterocycles. The number of hydrogen-bond acceptors (Lipinski definition) is 4. The van der Waals surface area contributed by atoms with E-state index in [2.05, 4.69) is 12.2 Å². The average molecular weight is 416 g/mol. The second kappa shape index (κ2) is 7.95. The Kier molecular flexibility index (Phi) is 4.98. The fraction of sp³-hybridized carbons (Fsp3) is 0.280. The van der Waals surface area contributed by atoms with Crippen LogP contribution in [0.15, 0.2) is 78.2 Å². The number of hydrogen-bond donors (Lipinski definition) is 1. The second-order valence-corrected chi connectivity index (χ2v) is 8.21. The van der Waals surface area contributed by atoms with Crippen molar-refractivity contribution in [2.24, 2.45) is 5.73 Å². The molecule has 31 heavy (non-hydrogen) atoms. The highest BCUT2D eigenvalue weighted by Crippen LogP contribution is 2.40. The molecule has 5 rings (SSSR count). The summed E-state index contributed by atoms with van der Waals surface area (Å²) >= 11 is 0. The third-order valence-electron chi connectivity index (χ3n) is 6.26. The highest BCUT2D eigenvalue weighted by atomic mass is 16.5. The van der Waals surface area contributed by atoms with Crippen molar-refractivity contribution in [3.63, 3.8) is 0 Å². The molecule has 2 bridgehead atoms. The van der Waals surface area contributed by atoms with Gasteiger partial charge in [-0.25, -0.2) is 0 Å². The predicted octanol–water partition coefficient (Wildman–Crippen LogP) is 3.94. The highest BCUT2D eigenvalue weighted by molar-refractivity contribution is 5.95. The molecular weight excluding hydrogens is 392 g/mol. The summed E-state index contributed by atoms with van der Waals surface area (Å²) in [6.07, 6.45) is 15.5. The van der Waals surface area contributed by atoms with E-state index in [9.17, 15) is 9.59 Å². The molecular formula is C25H24N2O4. The van der Waals surface area contributed by atoms with Crippen LogP contribution in [0.2, 0.25) is 0 Å². The van der Waals surface area contributed by atoms with Crippen LogP contribution in [0.5, 0.6) is 0 Å². The van der Waals surface area contributed by atoms with Crippen LogP contribution in [0.1, 0.15) is 48.0 Å². The number of nitrogens with two attached hydrogens (primary N) is 1. The van der Waals surface area contributed by atoms with Crippen LogP contribution >= 0.6 is 0 Å². The number of benzene rings is 1. The molecule has 2 atom stereocenters. The van der Waals surface area contributed by atoms with Crippen molar-refractivity contribution < 1.29 is 19.1 Å². The molecule has 6 nitrogen and oxygen atoms in total. The Bertz CT molecular complexity index is 1090. The summed E-state index contributed by atoms with van der Waals surface area (Å²) in [6, 6.07) is 7.46. The Morgan fingerprint density at radius 3 is 2.81 bits per heavy atom. The van der Waals surface area contributed by atoms with Crippen molar-refractivity contribution in [2.75, 3.05) is 0 Å². The zero-order valence-corrected chi connectivity index (χ0v) is 17.1. The number of allylic oxidation sites excluding steroid dienone is 4. The first-order chi connectivity index (χ1) is 15.1. The quantitative estimate of drug-likeness (QED) is 0.806. The van der Waals surface area contributed by atoms with Gasteiger partial charge in [-0.05, 0) is 60.9 Å². The van der Waals surface area contributed by atoms with E-state index in [-0.39, 0.29) is 23.8 Å². The lowest BCUT2D eigenvalue weighted by Gasteiger charge is -2.35. The molecule has 2 unspecified atom stereocenters. The van der Waals surface area contributed by atoms with Crippen LogP contribution in [0.3, 0.4) is 0 Å². The smallest absolute Gasteiger partial charge is 0.293 e. The predicted molar refractivity (Wildman–Crippen MR) is 116 cm³/mol. The number of carbonyl (C=O) groups is 2. The van der Waals surface area contributed by atoms with Crippen LogP contribution in [-0.4, -0.2) is 28.8 Å². The van der Waals surface area contributed by atoms with Crippen LogP contribution in [0.25, 0.3) is 5.57 Å². The van der Waals surface area contributed by atoms with E-state index >= 15 is 0 Å². The molecule has 1 aromatic rings. The summed E-state index contributed by atoms with van der Waals surface area (Å²) < 4.78 is 11.4. The maximum Gasteiger partial charge on any atom is 0.293 e. The minimum absolute atomic E-state index is 0.00540. The molecule has 1 aromatic carbocycles. The molecule has 2 amide bonds. The van der Waals surface area contributed by atoms with E-state index in [1.165, 1.54) is 6.26 Å². The maximum absolute atomic E-state index is 13.3. The molecule has 0 saturated carbocycles. The van der Waals surface area contributed by atoms with Gasteiger partial charge in [0.25, 0.3) is 5.91 Å². The second-order valence-electron chi connectivity index (χ2n) is 8.21. The van der Waals surface area contributed by atoms with Gasteiger partial charge in [0, 0.05) is 11.6 Å². The van der Waals surface area contributed by atoms with Gasteiger partial charge < -0.3 is 20.1 Å². The summed E-state index contributed by atoms with van der Waals surface area (Å²) in [7, 11) is 0. The van der Waals surface area contributed by atoms with Crippen LogP contribution in [0.4, 0.5) is 0 Å². The molecule has 1 fully saturated rings. The SMILES string of the molecule is NC(=O)c1cccc(C2=CC3CCC(C2)N3C(=O)C2=COC=C(C3=CC=CCC3)O2)c1. The van der Waals surface area contributed by atoms with E-state index < -0.39 is 5.91 Å². The summed E-state index contributed by atoms with van der Waals surface area (Å²) in [5.74, 6) is 0.231. The first-order valence-electron chi connectivity index (χ1n) is 10.6. The van der Waals surface area contributed by atoms with Crippen molar-refractivity contribution >= 4 is 17.4 Å². The van der Waals surface area contributed by atoms with Crippen LogP contribution in [0, 0.1) is 0 Å². The molecule has 6 heteroatoms. The molecule has 0 spiro atoms. The van der Waals surface area contributed by atoms with Gasteiger partial charge in [0.2, 0.25) is 11.7 Å². The van der Waals surface area contributed by atoms with E-state index in [0.717, 1.165) is 48.8 Å². The topological polar surface area (TPSA) is 81.9 Å². The number of amides is 2. The van der Waals surface area contributed by atoms with E-state index in [1.807, 2.05) is 35.3 Å². The summed E-state index contributed by atoms with van der Waals surface area (Å²) in [5.41, 5.74) is 9.09. The molecule has 3 heterocycles. The van der Waals surface area contributed by atoms with E-state index in [1.54, 1.807) is 12.3 Å².